The van der Waals surface area contributed by atoms with Gasteiger partial charge in [-0.2, -0.15) is 0 Å². The monoisotopic (exact) mass is 341 g/mol. The van der Waals surface area contributed by atoms with Gasteiger partial charge < -0.3 is 9.30 Å². The van der Waals surface area contributed by atoms with Crippen molar-refractivity contribution in [3.8, 4) is 0 Å². The molecule has 1 fully saturated rings. The molecule has 3 aromatic rings. The second-order valence-electron chi connectivity index (χ2n) is 6.05. The van der Waals surface area contributed by atoms with Crippen LogP contribution >= 0.6 is 11.3 Å². The third kappa shape index (κ3) is 2.69. The van der Waals surface area contributed by atoms with E-state index in [-0.39, 0.29) is 5.91 Å². The van der Waals surface area contributed by atoms with Gasteiger partial charge in [0.1, 0.15) is 0 Å². The van der Waals surface area contributed by atoms with E-state index >= 15 is 0 Å². The van der Waals surface area contributed by atoms with E-state index in [4.69, 9.17) is 4.98 Å². The Morgan fingerprint density at radius 1 is 1.33 bits per heavy atom. The van der Waals surface area contributed by atoms with E-state index in [0.717, 1.165) is 36.5 Å². The summed E-state index contributed by atoms with van der Waals surface area (Å²) in [5.41, 5.74) is 2.19. The molecule has 1 aliphatic rings. The van der Waals surface area contributed by atoms with Gasteiger partial charge in [0.15, 0.2) is 11.3 Å². The van der Waals surface area contributed by atoms with Gasteiger partial charge in [-0.25, -0.2) is 15.0 Å². The average molecular weight is 341 g/mol. The van der Waals surface area contributed by atoms with Crippen LogP contribution in [0.25, 0.3) is 5.65 Å². The van der Waals surface area contributed by atoms with Crippen LogP contribution in [0.4, 0.5) is 0 Å². The van der Waals surface area contributed by atoms with Crippen molar-refractivity contribution in [2.24, 2.45) is 0 Å². The van der Waals surface area contributed by atoms with Crippen LogP contribution in [0.3, 0.4) is 0 Å². The Kier molecular flexibility index (Phi) is 4.02. The molecule has 0 bridgehead atoms. The third-order valence-electron chi connectivity index (χ3n) is 4.50. The minimum atomic E-state index is -0.0382. The summed E-state index contributed by atoms with van der Waals surface area (Å²) in [7, 11) is 0. The number of nitrogens with zero attached hydrogens (tertiary/aromatic N) is 5. The van der Waals surface area contributed by atoms with Gasteiger partial charge in [-0.05, 0) is 19.3 Å². The molecule has 1 atom stereocenters. The zero-order valence-electron chi connectivity index (χ0n) is 13.6. The summed E-state index contributed by atoms with van der Waals surface area (Å²) in [6, 6.07) is 0. The molecule has 6 nitrogen and oxygen atoms in total. The minimum absolute atomic E-state index is 0.0382. The van der Waals surface area contributed by atoms with Gasteiger partial charge in [-0.15, -0.1) is 11.3 Å². The van der Waals surface area contributed by atoms with Crippen molar-refractivity contribution >= 4 is 22.9 Å². The van der Waals surface area contributed by atoms with Crippen LogP contribution in [0.5, 0.6) is 0 Å². The fraction of sp³-hybridized carbons (Fsp3) is 0.412. The SMILES string of the molecule is CCc1csc([C@H]2CCCN(C(=O)c3nccn4ccnc34)C2)n1. The largest absolute Gasteiger partial charge is 0.336 e. The van der Waals surface area contributed by atoms with Gasteiger partial charge in [-0.1, -0.05) is 6.92 Å². The van der Waals surface area contributed by atoms with Gasteiger partial charge in [0.05, 0.1) is 10.7 Å². The third-order valence-corrected chi connectivity index (χ3v) is 5.56. The molecule has 7 heteroatoms. The molecule has 0 unspecified atom stereocenters. The lowest BCUT2D eigenvalue weighted by Crippen LogP contribution is -2.39. The van der Waals surface area contributed by atoms with Crippen molar-refractivity contribution in [2.45, 2.75) is 32.1 Å². The molecule has 0 N–H and O–H groups in total. The van der Waals surface area contributed by atoms with Crippen LogP contribution in [-0.4, -0.2) is 43.2 Å². The maximum atomic E-state index is 12.9. The van der Waals surface area contributed by atoms with Crippen LogP contribution in [0.15, 0.2) is 30.2 Å². The van der Waals surface area contributed by atoms with E-state index in [2.05, 4.69) is 22.3 Å². The second-order valence-corrected chi connectivity index (χ2v) is 6.94. The number of thiazole rings is 1. The number of imidazole rings is 1. The number of hydrogen-bond acceptors (Lipinski definition) is 5. The number of aryl methyl sites for hydroxylation is 1. The van der Waals surface area contributed by atoms with Gasteiger partial charge in [0.25, 0.3) is 5.91 Å². The molecule has 4 heterocycles. The highest BCUT2D eigenvalue weighted by Crippen LogP contribution is 2.30. The van der Waals surface area contributed by atoms with E-state index in [0.29, 0.717) is 23.8 Å². The summed E-state index contributed by atoms with van der Waals surface area (Å²) in [6.07, 6.45) is 10.0. The highest BCUT2D eigenvalue weighted by Gasteiger charge is 2.29. The summed E-state index contributed by atoms with van der Waals surface area (Å²) in [6.45, 7) is 3.59. The molecule has 124 valence electrons. The van der Waals surface area contributed by atoms with Crippen molar-refractivity contribution in [3.05, 3.63) is 46.6 Å². The minimum Gasteiger partial charge on any atom is -0.336 e. The highest BCUT2D eigenvalue weighted by atomic mass is 32.1. The van der Waals surface area contributed by atoms with Crippen LogP contribution in [0, 0.1) is 0 Å². The Labute approximate surface area is 144 Å². The maximum Gasteiger partial charge on any atom is 0.276 e. The first kappa shape index (κ1) is 15.3. The van der Waals surface area contributed by atoms with E-state index < -0.39 is 0 Å². The molecular weight excluding hydrogens is 322 g/mol. The lowest BCUT2D eigenvalue weighted by molar-refractivity contribution is 0.0702. The zero-order chi connectivity index (χ0) is 16.5. The molecule has 3 aromatic heterocycles. The molecule has 0 aliphatic carbocycles. The van der Waals surface area contributed by atoms with Crippen molar-refractivity contribution in [1.82, 2.24) is 24.3 Å². The first-order chi connectivity index (χ1) is 11.8. The summed E-state index contributed by atoms with van der Waals surface area (Å²) >= 11 is 1.71. The fourth-order valence-corrected chi connectivity index (χ4v) is 4.22. The number of hydrogen-bond donors (Lipinski definition) is 0. The molecule has 1 amide bonds. The molecule has 0 aromatic carbocycles. The average Bonchev–Trinajstić information content (AvgIpc) is 3.30. The van der Waals surface area contributed by atoms with Crippen molar-refractivity contribution in [1.29, 1.82) is 0 Å². The lowest BCUT2D eigenvalue weighted by Gasteiger charge is -2.31. The quantitative estimate of drug-likeness (QED) is 0.735. The van der Waals surface area contributed by atoms with Crippen molar-refractivity contribution in [3.63, 3.8) is 0 Å². The smallest absolute Gasteiger partial charge is 0.276 e. The topological polar surface area (TPSA) is 63.4 Å². The molecule has 1 aliphatic heterocycles. The molecule has 1 saturated heterocycles. The number of amides is 1. The van der Waals surface area contributed by atoms with Crippen LogP contribution < -0.4 is 0 Å². The number of carbonyl (C=O) groups is 1. The van der Waals surface area contributed by atoms with Gasteiger partial charge >= 0.3 is 0 Å². The van der Waals surface area contributed by atoms with Crippen LogP contribution in [0.2, 0.25) is 0 Å². The summed E-state index contributed by atoms with van der Waals surface area (Å²) < 4.78 is 1.83. The molecule has 0 spiro atoms. The lowest BCUT2D eigenvalue weighted by atomic mass is 9.98. The van der Waals surface area contributed by atoms with Gasteiger partial charge in [-0.3, -0.25) is 4.79 Å². The molecule has 24 heavy (non-hydrogen) atoms. The first-order valence-electron chi connectivity index (χ1n) is 8.27. The Bertz CT molecular complexity index is 871. The number of rotatable bonds is 3. The normalized spacial score (nSPS) is 18.2. The van der Waals surface area contributed by atoms with Crippen molar-refractivity contribution < 1.29 is 4.79 Å². The van der Waals surface area contributed by atoms with Gasteiger partial charge in [0, 0.05) is 49.2 Å². The van der Waals surface area contributed by atoms with E-state index in [1.807, 2.05) is 15.5 Å². The second kappa shape index (κ2) is 6.32. The summed E-state index contributed by atoms with van der Waals surface area (Å²) in [4.78, 5) is 28.1. The molecule has 0 saturated carbocycles. The van der Waals surface area contributed by atoms with Crippen LogP contribution in [0.1, 0.15) is 46.9 Å². The maximum absolute atomic E-state index is 12.9. The first-order valence-corrected chi connectivity index (χ1v) is 9.15. The number of carbonyl (C=O) groups excluding carboxylic acids is 1. The van der Waals surface area contributed by atoms with Crippen LogP contribution in [-0.2, 0) is 6.42 Å². The van der Waals surface area contributed by atoms with E-state index in [9.17, 15) is 4.79 Å². The Morgan fingerprint density at radius 3 is 2.96 bits per heavy atom. The molecular formula is C17H19N5OS. The van der Waals surface area contributed by atoms with E-state index in [1.54, 1.807) is 29.9 Å². The summed E-state index contributed by atoms with van der Waals surface area (Å²) in [5.74, 6) is 0.288. The number of aromatic nitrogens is 4. The number of likely N-dealkylation sites (tertiary alicyclic amines) is 1. The van der Waals surface area contributed by atoms with Crippen molar-refractivity contribution in [2.75, 3.05) is 13.1 Å². The van der Waals surface area contributed by atoms with E-state index in [1.165, 1.54) is 0 Å². The Balaban J connectivity index is 1.57. The zero-order valence-corrected chi connectivity index (χ0v) is 14.4. The predicted octanol–water partition coefficient (Wildman–Crippen LogP) is 2.77. The van der Waals surface area contributed by atoms with Gasteiger partial charge in [0.2, 0.25) is 0 Å². The molecule has 4 rings (SSSR count). The predicted molar refractivity (Wildman–Crippen MR) is 92.4 cm³/mol. The molecule has 0 radical (unpaired) electrons. The highest BCUT2D eigenvalue weighted by molar-refractivity contribution is 7.09. The standard InChI is InChI=1S/C17H19N5OS/c1-2-13-11-24-16(20-13)12-4-3-7-22(10-12)17(23)14-15-19-6-9-21(15)8-5-18-14/h5-6,8-9,11-12H,2-4,7,10H2,1H3/t12-/m0/s1. The number of fused-ring (bicyclic) bond motifs is 1. The Morgan fingerprint density at radius 2 is 2.17 bits per heavy atom. The number of piperidine rings is 1. The fourth-order valence-electron chi connectivity index (χ4n) is 3.19. The Hall–Kier alpha value is -2.28. The summed E-state index contributed by atoms with van der Waals surface area (Å²) in [5, 5.41) is 3.28.